The van der Waals surface area contributed by atoms with E-state index in [2.05, 4.69) is 18.8 Å². The zero-order valence-electron chi connectivity index (χ0n) is 15.6. The molecule has 2 aliphatic heterocycles. The van der Waals surface area contributed by atoms with E-state index >= 15 is 0 Å². The number of hydrogen-bond donors (Lipinski definition) is 0. The van der Waals surface area contributed by atoms with Gasteiger partial charge in [-0.3, -0.25) is 9.78 Å². The molecular formula is C19H28N2O4S. The molecule has 2 aliphatic rings. The Balaban J connectivity index is 1.57. The van der Waals surface area contributed by atoms with Gasteiger partial charge in [-0.1, -0.05) is 19.9 Å². The van der Waals surface area contributed by atoms with Gasteiger partial charge < -0.3 is 9.64 Å². The summed E-state index contributed by atoms with van der Waals surface area (Å²) < 4.78 is 30.3. The van der Waals surface area contributed by atoms with E-state index in [1.54, 1.807) is 17.3 Å². The van der Waals surface area contributed by atoms with Crippen molar-refractivity contribution in [3.05, 3.63) is 30.1 Å². The number of pyridine rings is 1. The fraction of sp³-hybridized carbons (Fsp3) is 0.684. The quantitative estimate of drug-likeness (QED) is 0.724. The summed E-state index contributed by atoms with van der Waals surface area (Å²) in [7, 11) is -3.18. The van der Waals surface area contributed by atoms with Crippen LogP contribution in [0.4, 0.5) is 0 Å². The van der Waals surface area contributed by atoms with Crippen molar-refractivity contribution in [2.24, 2.45) is 11.8 Å². The van der Waals surface area contributed by atoms with Gasteiger partial charge in [0.1, 0.15) is 4.75 Å². The van der Waals surface area contributed by atoms with Crippen LogP contribution in [0.3, 0.4) is 0 Å². The number of amides is 1. The largest absolute Gasteiger partial charge is 0.376 e. The Morgan fingerprint density at radius 2 is 2.19 bits per heavy atom. The number of hydrogen-bond acceptors (Lipinski definition) is 5. The van der Waals surface area contributed by atoms with E-state index in [9.17, 15) is 13.2 Å². The van der Waals surface area contributed by atoms with Gasteiger partial charge in [0, 0.05) is 37.8 Å². The first-order valence-electron chi connectivity index (χ1n) is 9.31. The lowest BCUT2D eigenvalue weighted by Gasteiger charge is -2.50. The molecule has 1 aromatic heterocycles. The molecule has 0 aliphatic carbocycles. The second-order valence-electron chi connectivity index (χ2n) is 7.93. The number of ether oxygens (including phenoxy) is 1. The van der Waals surface area contributed by atoms with E-state index in [1.165, 1.54) is 0 Å². The minimum Gasteiger partial charge on any atom is -0.376 e. The van der Waals surface area contributed by atoms with Crippen LogP contribution in [0.25, 0.3) is 0 Å². The van der Waals surface area contributed by atoms with Crippen molar-refractivity contribution in [3.8, 4) is 0 Å². The van der Waals surface area contributed by atoms with E-state index in [1.807, 2.05) is 12.1 Å². The standard InChI is InChI=1S/C19H28N2O4S/c1-15(2)5-6-18(22)21-13-19(14-21)17(7-9-26(19,23)24)12-25-11-16-4-3-8-20-10-16/h3-4,8,10,15,17H,5-7,9,11-14H2,1-2H3/t17-/m1/s1. The maximum absolute atomic E-state index is 12.6. The summed E-state index contributed by atoms with van der Waals surface area (Å²) in [5, 5.41) is 0. The molecule has 2 saturated heterocycles. The summed E-state index contributed by atoms with van der Waals surface area (Å²) in [4.78, 5) is 18.0. The molecule has 0 aromatic carbocycles. The zero-order chi connectivity index (χ0) is 18.8. The molecule has 0 saturated carbocycles. The summed E-state index contributed by atoms with van der Waals surface area (Å²) in [5.41, 5.74) is 0.974. The second-order valence-corrected chi connectivity index (χ2v) is 10.4. The van der Waals surface area contributed by atoms with Gasteiger partial charge in [0.2, 0.25) is 5.91 Å². The van der Waals surface area contributed by atoms with Crippen LogP contribution in [0.2, 0.25) is 0 Å². The molecule has 144 valence electrons. The summed E-state index contributed by atoms with van der Waals surface area (Å²) in [6.07, 6.45) is 5.41. The van der Waals surface area contributed by atoms with Crippen LogP contribution in [0.1, 0.15) is 38.7 Å². The van der Waals surface area contributed by atoms with E-state index in [-0.39, 0.29) is 17.6 Å². The van der Waals surface area contributed by atoms with Gasteiger partial charge in [0.05, 0.1) is 19.0 Å². The number of aromatic nitrogens is 1. The van der Waals surface area contributed by atoms with Crippen LogP contribution in [-0.2, 0) is 26.0 Å². The van der Waals surface area contributed by atoms with E-state index in [0.717, 1.165) is 12.0 Å². The van der Waals surface area contributed by atoms with Crippen LogP contribution >= 0.6 is 0 Å². The van der Waals surface area contributed by atoms with Crippen molar-refractivity contribution in [1.82, 2.24) is 9.88 Å². The van der Waals surface area contributed by atoms with Gasteiger partial charge in [0.25, 0.3) is 0 Å². The Kier molecular flexibility index (Phi) is 5.67. The van der Waals surface area contributed by atoms with E-state index in [0.29, 0.717) is 45.1 Å². The Morgan fingerprint density at radius 1 is 1.42 bits per heavy atom. The molecule has 0 radical (unpaired) electrons. The molecule has 26 heavy (non-hydrogen) atoms. The zero-order valence-corrected chi connectivity index (χ0v) is 16.4. The highest BCUT2D eigenvalue weighted by molar-refractivity contribution is 7.93. The highest BCUT2D eigenvalue weighted by atomic mass is 32.2. The molecule has 2 fully saturated rings. The molecule has 1 amide bonds. The Hall–Kier alpha value is -1.47. The molecule has 0 bridgehead atoms. The van der Waals surface area contributed by atoms with Crippen LogP contribution in [0.15, 0.2) is 24.5 Å². The van der Waals surface area contributed by atoms with Crippen LogP contribution < -0.4 is 0 Å². The van der Waals surface area contributed by atoms with Gasteiger partial charge in [0.15, 0.2) is 9.84 Å². The predicted molar refractivity (Wildman–Crippen MR) is 99.2 cm³/mol. The number of likely N-dealkylation sites (tertiary alicyclic amines) is 1. The van der Waals surface area contributed by atoms with Crippen molar-refractivity contribution < 1.29 is 17.9 Å². The first kappa shape index (κ1) is 19.3. The molecule has 1 aromatic rings. The lowest BCUT2D eigenvalue weighted by molar-refractivity contribution is -0.138. The van der Waals surface area contributed by atoms with Crippen molar-refractivity contribution in [2.75, 3.05) is 25.4 Å². The number of rotatable bonds is 7. The van der Waals surface area contributed by atoms with Crippen molar-refractivity contribution >= 4 is 15.7 Å². The van der Waals surface area contributed by atoms with Crippen molar-refractivity contribution in [2.45, 2.75) is 44.5 Å². The first-order chi connectivity index (χ1) is 12.3. The summed E-state index contributed by atoms with van der Waals surface area (Å²) in [5.74, 6) is 0.694. The number of carbonyl (C=O) groups is 1. The highest BCUT2D eigenvalue weighted by Crippen LogP contribution is 2.45. The SMILES string of the molecule is CC(C)CCC(=O)N1CC2(C1)[C@@H](COCc1cccnc1)CCS2(=O)=O. The second kappa shape index (κ2) is 7.64. The minimum atomic E-state index is -3.18. The first-order valence-corrected chi connectivity index (χ1v) is 11.0. The monoisotopic (exact) mass is 380 g/mol. The molecule has 1 atom stereocenters. The summed E-state index contributed by atoms with van der Waals surface area (Å²) in [6, 6.07) is 3.79. The lowest BCUT2D eigenvalue weighted by atomic mass is 9.83. The van der Waals surface area contributed by atoms with Crippen molar-refractivity contribution in [3.63, 3.8) is 0 Å². The molecule has 7 heteroatoms. The number of carbonyl (C=O) groups excluding carboxylic acids is 1. The number of nitrogens with zero attached hydrogens (tertiary/aromatic N) is 2. The maximum Gasteiger partial charge on any atom is 0.222 e. The Labute approximate surface area is 155 Å². The minimum absolute atomic E-state index is 0.0432. The maximum atomic E-state index is 12.6. The van der Waals surface area contributed by atoms with Gasteiger partial charge in [-0.25, -0.2) is 8.42 Å². The Bertz CT molecular complexity index is 727. The fourth-order valence-electron chi connectivity index (χ4n) is 3.86. The highest BCUT2D eigenvalue weighted by Gasteiger charge is 2.62. The third-order valence-corrected chi connectivity index (χ3v) is 8.22. The summed E-state index contributed by atoms with van der Waals surface area (Å²) >= 11 is 0. The number of sulfone groups is 1. The van der Waals surface area contributed by atoms with E-state index < -0.39 is 14.6 Å². The molecular weight excluding hydrogens is 352 g/mol. The lowest BCUT2D eigenvalue weighted by Crippen LogP contribution is -2.68. The van der Waals surface area contributed by atoms with Crippen LogP contribution in [-0.4, -0.2) is 54.4 Å². The smallest absolute Gasteiger partial charge is 0.222 e. The fourth-order valence-corrected chi connectivity index (χ4v) is 6.26. The topological polar surface area (TPSA) is 76.6 Å². The molecule has 0 unspecified atom stereocenters. The van der Waals surface area contributed by atoms with Gasteiger partial charge in [-0.15, -0.1) is 0 Å². The third-order valence-electron chi connectivity index (χ3n) is 5.61. The normalized spacial score (nSPS) is 23.3. The predicted octanol–water partition coefficient (Wildman–Crippen LogP) is 2.05. The summed E-state index contributed by atoms with van der Waals surface area (Å²) in [6.45, 7) is 5.66. The molecule has 1 spiro atoms. The van der Waals surface area contributed by atoms with Gasteiger partial charge in [-0.05, 0) is 30.4 Å². The molecule has 6 nitrogen and oxygen atoms in total. The molecule has 3 rings (SSSR count). The Morgan fingerprint density at radius 3 is 2.85 bits per heavy atom. The molecule has 3 heterocycles. The average molecular weight is 381 g/mol. The third kappa shape index (κ3) is 3.78. The van der Waals surface area contributed by atoms with Gasteiger partial charge >= 0.3 is 0 Å². The van der Waals surface area contributed by atoms with E-state index in [4.69, 9.17) is 4.74 Å². The van der Waals surface area contributed by atoms with Crippen LogP contribution in [0.5, 0.6) is 0 Å². The molecule has 0 N–H and O–H groups in total. The average Bonchev–Trinajstić information content (AvgIpc) is 2.83. The van der Waals surface area contributed by atoms with Crippen LogP contribution in [0, 0.1) is 11.8 Å². The van der Waals surface area contributed by atoms with Gasteiger partial charge in [-0.2, -0.15) is 0 Å². The van der Waals surface area contributed by atoms with Crippen molar-refractivity contribution in [1.29, 1.82) is 0 Å².